The zero-order valence-electron chi connectivity index (χ0n) is 15.1. The van der Waals surface area contributed by atoms with Gasteiger partial charge in [-0.25, -0.2) is 4.79 Å². The molecule has 0 radical (unpaired) electrons. The number of esters is 1. The van der Waals surface area contributed by atoms with E-state index in [9.17, 15) is 9.90 Å². The number of hydrogen-bond acceptors (Lipinski definition) is 4. The summed E-state index contributed by atoms with van der Waals surface area (Å²) in [6, 6.07) is 0. The lowest BCUT2D eigenvalue weighted by Gasteiger charge is -2.45. The summed E-state index contributed by atoms with van der Waals surface area (Å²) in [5.41, 5.74) is 1.03. The maximum absolute atomic E-state index is 12.0. The largest absolute Gasteiger partial charge is 0.456 e. The van der Waals surface area contributed by atoms with E-state index in [1.54, 1.807) is 0 Å². The predicted molar refractivity (Wildman–Crippen MR) is 92.4 cm³/mol. The Hall–Kier alpha value is -1.13. The van der Waals surface area contributed by atoms with Gasteiger partial charge in [-0.15, -0.1) is 0 Å². The van der Waals surface area contributed by atoms with Gasteiger partial charge in [0, 0.05) is 11.5 Å². The average Bonchev–Trinajstić information content (AvgIpc) is 2.80. The molecular formula is C20H30O4. The summed E-state index contributed by atoms with van der Waals surface area (Å²) >= 11 is 0. The molecule has 24 heavy (non-hydrogen) atoms. The number of hydrogen-bond donors (Lipinski definition) is 1. The van der Waals surface area contributed by atoms with Crippen LogP contribution in [0.3, 0.4) is 0 Å². The monoisotopic (exact) mass is 334 g/mol. The Morgan fingerprint density at radius 3 is 2.88 bits per heavy atom. The lowest BCUT2D eigenvalue weighted by molar-refractivity contribution is -0.208. The van der Waals surface area contributed by atoms with Crippen molar-refractivity contribution in [1.29, 1.82) is 0 Å². The molecule has 0 saturated carbocycles. The first kappa shape index (κ1) is 17.7. The molecular weight excluding hydrogens is 304 g/mol. The molecule has 3 aliphatic rings. The van der Waals surface area contributed by atoms with Gasteiger partial charge in [-0.1, -0.05) is 25.2 Å². The first-order valence-corrected chi connectivity index (χ1v) is 9.23. The minimum absolute atomic E-state index is 0.0320. The highest BCUT2D eigenvalue weighted by atomic mass is 16.6. The molecule has 4 heteroatoms. The fraction of sp³-hybridized carbons (Fsp3) is 0.750. The second-order valence-electron chi connectivity index (χ2n) is 8.14. The van der Waals surface area contributed by atoms with Crippen LogP contribution >= 0.6 is 0 Å². The van der Waals surface area contributed by atoms with Gasteiger partial charge < -0.3 is 14.6 Å². The summed E-state index contributed by atoms with van der Waals surface area (Å²) in [5.74, 6) is -0.0506. The molecule has 2 bridgehead atoms. The number of carbonyl (C=O) groups is 1. The van der Waals surface area contributed by atoms with E-state index in [-0.39, 0.29) is 36.1 Å². The van der Waals surface area contributed by atoms with Crippen molar-refractivity contribution < 1.29 is 19.4 Å². The van der Waals surface area contributed by atoms with Crippen molar-refractivity contribution >= 4 is 5.97 Å². The van der Waals surface area contributed by atoms with E-state index in [1.165, 1.54) is 5.57 Å². The highest BCUT2D eigenvalue weighted by Gasteiger charge is 2.53. The smallest absolute Gasteiger partial charge is 0.334 e. The van der Waals surface area contributed by atoms with Crippen molar-refractivity contribution in [3.8, 4) is 0 Å². The van der Waals surface area contributed by atoms with Gasteiger partial charge in [-0.2, -0.15) is 0 Å². The van der Waals surface area contributed by atoms with Crippen molar-refractivity contribution in [1.82, 2.24) is 0 Å². The van der Waals surface area contributed by atoms with Crippen molar-refractivity contribution in [3.05, 3.63) is 23.8 Å². The second kappa shape index (κ2) is 6.64. The van der Waals surface area contributed by atoms with E-state index < -0.39 is 5.60 Å². The highest BCUT2D eigenvalue weighted by molar-refractivity contribution is 5.90. The summed E-state index contributed by atoms with van der Waals surface area (Å²) in [6.07, 6.45) is 6.87. The van der Waals surface area contributed by atoms with Crippen LogP contribution < -0.4 is 0 Å². The SMILES string of the molecule is C=C1C(=O)O[C@@H]2[C@@H]3O[C@@H](C[C@@H]12)[C@](C)(O)CC/C=C(\C)CCC[C@H]3C. The van der Waals surface area contributed by atoms with Gasteiger partial charge in [0.2, 0.25) is 0 Å². The van der Waals surface area contributed by atoms with Crippen LogP contribution in [0.4, 0.5) is 0 Å². The second-order valence-corrected chi connectivity index (χ2v) is 8.14. The zero-order chi connectivity index (χ0) is 17.5. The summed E-state index contributed by atoms with van der Waals surface area (Å²) in [7, 11) is 0. The fourth-order valence-electron chi connectivity index (χ4n) is 4.36. The molecule has 3 aliphatic heterocycles. The van der Waals surface area contributed by atoms with E-state index in [4.69, 9.17) is 9.47 Å². The van der Waals surface area contributed by atoms with Crippen LogP contribution in [-0.4, -0.2) is 35.0 Å². The molecule has 134 valence electrons. The standard InChI is InChI=1S/C20H30O4/c1-12-7-5-9-13(2)17-18-15(14(3)19(21)24-18)11-16(23-17)20(4,22)10-6-8-12/h8,13,15-18,22H,3,5-7,9-11H2,1-2,4H3/b12-8+/t13-,15+,16+,17-,18+,20-/m1/s1. The molecule has 0 unspecified atom stereocenters. The Bertz CT molecular complexity index is 548. The Kier molecular flexibility index (Phi) is 4.89. The van der Waals surface area contributed by atoms with Gasteiger partial charge >= 0.3 is 5.97 Å². The average molecular weight is 334 g/mol. The third-order valence-corrected chi connectivity index (χ3v) is 6.09. The van der Waals surface area contributed by atoms with Crippen molar-refractivity contribution in [3.63, 3.8) is 0 Å². The Morgan fingerprint density at radius 1 is 1.38 bits per heavy atom. The molecule has 2 saturated heterocycles. The number of ether oxygens (including phenoxy) is 2. The summed E-state index contributed by atoms with van der Waals surface area (Å²) in [6.45, 7) is 10.1. The van der Waals surface area contributed by atoms with E-state index in [0.29, 0.717) is 18.4 Å². The topological polar surface area (TPSA) is 55.8 Å². The molecule has 0 amide bonds. The van der Waals surface area contributed by atoms with E-state index in [2.05, 4.69) is 26.5 Å². The predicted octanol–water partition coefficient (Wildman–Crippen LogP) is 3.54. The molecule has 3 rings (SSSR count). The van der Waals surface area contributed by atoms with Gasteiger partial charge in [0.1, 0.15) is 6.10 Å². The molecule has 0 aromatic heterocycles. The molecule has 0 spiro atoms. The van der Waals surface area contributed by atoms with Crippen molar-refractivity contribution in [2.45, 2.75) is 83.2 Å². The van der Waals surface area contributed by atoms with E-state index >= 15 is 0 Å². The van der Waals surface area contributed by atoms with Crippen LogP contribution in [0.25, 0.3) is 0 Å². The molecule has 0 aliphatic carbocycles. The molecule has 0 aromatic carbocycles. The summed E-state index contributed by atoms with van der Waals surface area (Å²) < 4.78 is 11.9. The summed E-state index contributed by atoms with van der Waals surface area (Å²) in [5, 5.41) is 11.0. The minimum Gasteiger partial charge on any atom is -0.456 e. The van der Waals surface area contributed by atoms with Gasteiger partial charge in [0.15, 0.2) is 0 Å². The molecule has 6 atom stereocenters. The number of fused-ring (bicyclic) bond motifs is 4. The quantitative estimate of drug-likeness (QED) is 0.418. The Morgan fingerprint density at radius 2 is 2.12 bits per heavy atom. The number of aliphatic hydroxyl groups is 1. The van der Waals surface area contributed by atoms with Gasteiger partial charge in [0.05, 0.1) is 17.8 Å². The van der Waals surface area contributed by atoms with Gasteiger partial charge in [0.25, 0.3) is 0 Å². The zero-order valence-corrected chi connectivity index (χ0v) is 15.1. The van der Waals surface area contributed by atoms with Crippen LogP contribution in [0.15, 0.2) is 23.8 Å². The van der Waals surface area contributed by atoms with Crippen LogP contribution in [0.5, 0.6) is 0 Å². The maximum Gasteiger partial charge on any atom is 0.334 e. The van der Waals surface area contributed by atoms with Crippen LogP contribution in [0, 0.1) is 11.8 Å². The fourth-order valence-corrected chi connectivity index (χ4v) is 4.36. The lowest BCUT2D eigenvalue weighted by Crippen LogP contribution is -2.54. The first-order chi connectivity index (χ1) is 11.3. The molecule has 4 nitrogen and oxygen atoms in total. The lowest BCUT2D eigenvalue weighted by atomic mass is 9.76. The maximum atomic E-state index is 12.0. The normalized spacial score (nSPS) is 46.2. The molecule has 1 N–H and O–H groups in total. The van der Waals surface area contributed by atoms with Crippen LogP contribution in [-0.2, 0) is 14.3 Å². The van der Waals surface area contributed by atoms with E-state index in [1.807, 2.05) is 6.92 Å². The van der Waals surface area contributed by atoms with Crippen molar-refractivity contribution in [2.75, 3.05) is 0 Å². The number of rotatable bonds is 0. The molecule has 3 heterocycles. The first-order valence-electron chi connectivity index (χ1n) is 9.23. The van der Waals surface area contributed by atoms with Gasteiger partial charge in [-0.3, -0.25) is 0 Å². The van der Waals surface area contributed by atoms with E-state index in [0.717, 1.165) is 25.7 Å². The third-order valence-electron chi connectivity index (χ3n) is 6.09. The third kappa shape index (κ3) is 3.31. The van der Waals surface area contributed by atoms with Crippen molar-refractivity contribution in [2.24, 2.45) is 11.8 Å². The highest BCUT2D eigenvalue weighted by Crippen LogP contribution is 2.44. The Balaban J connectivity index is 1.90. The van der Waals surface area contributed by atoms with Crippen LogP contribution in [0.2, 0.25) is 0 Å². The Labute approximate surface area is 144 Å². The molecule has 2 fully saturated rings. The van der Waals surface area contributed by atoms with Gasteiger partial charge in [-0.05, 0) is 58.3 Å². The van der Waals surface area contributed by atoms with Crippen LogP contribution in [0.1, 0.15) is 59.3 Å². The minimum atomic E-state index is -0.912. The molecule has 0 aromatic rings. The summed E-state index contributed by atoms with van der Waals surface area (Å²) in [4.78, 5) is 12.0. The number of allylic oxidation sites excluding steroid dienone is 2. The number of carbonyl (C=O) groups excluding carboxylic acids is 1.